The maximum Gasteiger partial charge on any atom is 0.243 e. The number of thioether (sulfide) groups is 1. The zero-order valence-electron chi connectivity index (χ0n) is 15.8. The lowest BCUT2D eigenvalue weighted by atomic mass is 10.2. The predicted octanol–water partition coefficient (Wildman–Crippen LogP) is 3.31. The van der Waals surface area contributed by atoms with E-state index in [1.807, 2.05) is 6.07 Å². The Kier molecular flexibility index (Phi) is 5.65. The number of sulfonamides is 1. The highest BCUT2D eigenvalue weighted by molar-refractivity contribution is 7.98. The van der Waals surface area contributed by atoms with Crippen molar-refractivity contribution in [2.45, 2.75) is 48.5 Å². The Labute approximate surface area is 169 Å². The number of aromatic nitrogens is 4. The van der Waals surface area contributed by atoms with Crippen LogP contribution in [0.15, 0.2) is 46.7 Å². The zero-order valence-corrected chi connectivity index (χ0v) is 17.4. The van der Waals surface area contributed by atoms with Crippen LogP contribution >= 0.6 is 11.8 Å². The summed E-state index contributed by atoms with van der Waals surface area (Å²) in [5.41, 5.74) is 1.66. The molecule has 0 bridgehead atoms. The molecule has 1 aromatic carbocycles. The van der Waals surface area contributed by atoms with Crippen LogP contribution in [0, 0.1) is 0 Å². The van der Waals surface area contributed by atoms with Crippen LogP contribution in [0.5, 0.6) is 0 Å². The number of fused-ring (bicyclic) bond motifs is 1. The van der Waals surface area contributed by atoms with E-state index in [1.54, 1.807) is 34.9 Å². The zero-order chi connectivity index (χ0) is 19.6. The van der Waals surface area contributed by atoms with E-state index >= 15 is 0 Å². The van der Waals surface area contributed by atoms with E-state index in [2.05, 4.69) is 21.5 Å². The fourth-order valence-corrected chi connectivity index (χ4v) is 5.81. The van der Waals surface area contributed by atoms with Crippen molar-refractivity contribution in [2.75, 3.05) is 13.1 Å². The maximum atomic E-state index is 13.0. The molecule has 0 amide bonds. The third kappa shape index (κ3) is 3.78. The Morgan fingerprint density at radius 1 is 1.11 bits per heavy atom. The molecule has 1 aliphatic heterocycles. The van der Waals surface area contributed by atoms with Crippen molar-refractivity contribution in [1.82, 2.24) is 23.8 Å². The monoisotopic (exact) mass is 417 g/mol. The van der Waals surface area contributed by atoms with Gasteiger partial charge in [-0.2, -0.15) is 4.31 Å². The number of aryl methyl sites for hydroxylation is 1. The Hall–Kier alpha value is -1.97. The van der Waals surface area contributed by atoms with Crippen LogP contribution in [0.25, 0.3) is 11.0 Å². The minimum Gasteiger partial charge on any atom is -0.328 e. The van der Waals surface area contributed by atoms with Gasteiger partial charge in [0.2, 0.25) is 10.0 Å². The molecule has 0 aliphatic carbocycles. The van der Waals surface area contributed by atoms with E-state index in [9.17, 15) is 8.42 Å². The van der Waals surface area contributed by atoms with Gasteiger partial charge in [0.05, 0.1) is 21.7 Å². The van der Waals surface area contributed by atoms with Crippen LogP contribution in [0.1, 0.15) is 32.0 Å². The SMILES string of the molecule is CCn1c(CSc2ncccn2)nc2cc(S(=O)(=O)N3CCCCC3)ccc21. The van der Waals surface area contributed by atoms with Crippen molar-refractivity contribution in [3.05, 3.63) is 42.5 Å². The Balaban J connectivity index is 1.64. The highest BCUT2D eigenvalue weighted by Gasteiger charge is 2.26. The predicted molar refractivity (Wildman–Crippen MR) is 110 cm³/mol. The number of imidazole rings is 1. The third-order valence-electron chi connectivity index (χ3n) is 4.94. The van der Waals surface area contributed by atoms with Crippen molar-refractivity contribution in [2.24, 2.45) is 0 Å². The second-order valence-electron chi connectivity index (χ2n) is 6.71. The molecule has 0 saturated carbocycles. The summed E-state index contributed by atoms with van der Waals surface area (Å²) in [5.74, 6) is 1.52. The summed E-state index contributed by atoms with van der Waals surface area (Å²) in [4.78, 5) is 13.5. The van der Waals surface area contributed by atoms with E-state index < -0.39 is 10.0 Å². The van der Waals surface area contributed by atoms with Gasteiger partial charge >= 0.3 is 0 Å². The first-order valence-electron chi connectivity index (χ1n) is 9.48. The van der Waals surface area contributed by atoms with Crippen molar-refractivity contribution >= 4 is 32.8 Å². The highest BCUT2D eigenvalue weighted by Crippen LogP contribution is 2.27. The van der Waals surface area contributed by atoms with Gasteiger partial charge in [-0.3, -0.25) is 0 Å². The molecule has 148 valence electrons. The number of hydrogen-bond donors (Lipinski definition) is 0. The first kappa shape index (κ1) is 19.4. The molecular formula is C19H23N5O2S2. The van der Waals surface area contributed by atoms with Crippen molar-refractivity contribution in [3.8, 4) is 0 Å². The van der Waals surface area contributed by atoms with E-state index in [-0.39, 0.29) is 0 Å². The van der Waals surface area contributed by atoms with E-state index in [4.69, 9.17) is 4.98 Å². The van der Waals surface area contributed by atoms with Crippen LogP contribution in [-0.2, 0) is 22.3 Å². The average molecular weight is 418 g/mol. The molecule has 0 spiro atoms. The van der Waals surface area contributed by atoms with Gasteiger partial charge in [0, 0.05) is 32.0 Å². The van der Waals surface area contributed by atoms with Crippen molar-refractivity contribution in [3.63, 3.8) is 0 Å². The number of rotatable bonds is 6. The van der Waals surface area contributed by atoms with Gasteiger partial charge in [-0.15, -0.1) is 0 Å². The quantitative estimate of drug-likeness (QED) is 0.452. The van der Waals surface area contributed by atoms with Gasteiger partial charge in [-0.25, -0.2) is 23.4 Å². The largest absolute Gasteiger partial charge is 0.328 e. The second-order valence-corrected chi connectivity index (χ2v) is 9.59. The van der Waals surface area contributed by atoms with E-state index in [1.165, 1.54) is 11.8 Å². The molecule has 0 unspecified atom stereocenters. The average Bonchev–Trinajstić information content (AvgIpc) is 3.10. The molecule has 4 rings (SSSR count). The Morgan fingerprint density at radius 3 is 2.57 bits per heavy atom. The molecule has 3 heterocycles. The third-order valence-corrected chi connectivity index (χ3v) is 7.71. The molecule has 1 saturated heterocycles. The summed E-state index contributed by atoms with van der Waals surface area (Å²) in [7, 11) is -3.46. The van der Waals surface area contributed by atoms with Crippen LogP contribution in [0.4, 0.5) is 0 Å². The molecule has 1 aliphatic rings. The lowest BCUT2D eigenvalue weighted by molar-refractivity contribution is 0.346. The van der Waals surface area contributed by atoms with Gasteiger partial charge in [-0.05, 0) is 44.0 Å². The lowest BCUT2D eigenvalue weighted by Gasteiger charge is -2.25. The molecule has 28 heavy (non-hydrogen) atoms. The molecule has 0 N–H and O–H groups in total. The van der Waals surface area contributed by atoms with Crippen LogP contribution in [0.2, 0.25) is 0 Å². The molecule has 2 aromatic heterocycles. The number of hydrogen-bond acceptors (Lipinski definition) is 6. The minimum atomic E-state index is -3.46. The summed E-state index contributed by atoms with van der Waals surface area (Å²) in [5, 5.41) is 0.700. The van der Waals surface area contributed by atoms with Crippen molar-refractivity contribution < 1.29 is 8.42 Å². The number of benzene rings is 1. The van der Waals surface area contributed by atoms with E-state index in [0.717, 1.165) is 37.1 Å². The van der Waals surface area contributed by atoms with Crippen LogP contribution in [-0.4, -0.2) is 45.3 Å². The maximum absolute atomic E-state index is 13.0. The molecule has 1 fully saturated rings. The van der Waals surface area contributed by atoms with Gasteiger partial charge in [-0.1, -0.05) is 18.2 Å². The fraction of sp³-hybridized carbons (Fsp3) is 0.421. The van der Waals surface area contributed by atoms with Gasteiger partial charge < -0.3 is 4.57 Å². The summed E-state index contributed by atoms with van der Waals surface area (Å²) >= 11 is 1.52. The summed E-state index contributed by atoms with van der Waals surface area (Å²) in [6.45, 7) is 4.03. The smallest absolute Gasteiger partial charge is 0.243 e. The first-order valence-corrected chi connectivity index (χ1v) is 11.9. The van der Waals surface area contributed by atoms with Gasteiger partial charge in [0.25, 0.3) is 0 Å². The summed E-state index contributed by atoms with van der Waals surface area (Å²) in [6, 6.07) is 7.07. The Morgan fingerprint density at radius 2 is 1.86 bits per heavy atom. The molecule has 3 aromatic rings. The Bertz CT molecular complexity index is 1060. The molecule has 9 heteroatoms. The fourth-order valence-electron chi connectivity index (χ4n) is 3.53. The van der Waals surface area contributed by atoms with Crippen molar-refractivity contribution in [1.29, 1.82) is 0 Å². The standard InChI is InChI=1S/C19H23N5O2S2/c1-2-24-17-8-7-15(28(25,26)23-11-4-3-5-12-23)13-16(17)22-18(24)14-27-19-20-9-6-10-21-19/h6-10,13H,2-5,11-12,14H2,1H3. The molecule has 0 atom stereocenters. The van der Waals surface area contributed by atoms with Gasteiger partial charge in [0.15, 0.2) is 5.16 Å². The lowest BCUT2D eigenvalue weighted by Crippen LogP contribution is -2.35. The van der Waals surface area contributed by atoms with E-state index in [0.29, 0.717) is 34.4 Å². The first-order chi connectivity index (χ1) is 13.6. The normalized spacial score (nSPS) is 15.9. The summed E-state index contributed by atoms with van der Waals surface area (Å²) < 4.78 is 29.7. The molecular weight excluding hydrogens is 394 g/mol. The van der Waals surface area contributed by atoms with Gasteiger partial charge in [0.1, 0.15) is 5.82 Å². The van der Waals surface area contributed by atoms with Crippen LogP contribution < -0.4 is 0 Å². The number of nitrogens with zero attached hydrogens (tertiary/aromatic N) is 5. The van der Waals surface area contributed by atoms with Crippen LogP contribution in [0.3, 0.4) is 0 Å². The second kappa shape index (κ2) is 8.18. The summed E-state index contributed by atoms with van der Waals surface area (Å²) in [6.07, 6.45) is 6.38. The number of piperidine rings is 1. The topological polar surface area (TPSA) is 81.0 Å². The molecule has 0 radical (unpaired) electrons. The minimum absolute atomic E-state index is 0.327. The molecule has 7 nitrogen and oxygen atoms in total. The highest BCUT2D eigenvalue weighted by atomic mass is 32.2.